The van der Waals surface area contributed by atoms with Gasteiger partial charge in [0.1, 0.15) is 19.3 Å². The number of carbonyl (C=O) groups is 4. The van der Waals surface area contributed by atoms with Crippen molar-refractivity contribution in [1.29, 1.82) is 0 Å². The molecule has 7 atom stereocenters. The average molecular weight is 1340 g/mol. The number of esters is 4. The minimum atomic E-state index is -4.95. The van der Waals surface area contributed by atoms with Crippen LogP contribution in [0.3, 0.4) is 0 Å². The minimum Gasteiger partial charge on any atom is -0.462 e. The third kappa shape index (κ3) is 63.9. The van der Waals surface area contributed by atoms with Gasteiger partial charge in [-0.05, 0) is 43.4 Å². The van der Waals surface area contributed by atoms with E-state index in [1.54, 1.807) is 0 Å². The lowest BCUT2D eigenvalue weighted by Gasteiger charge is -2.21. The van der Waals surface area contributed by atoms with Crippen molar-refractivity contribution in [3.05, 3.63) is 0 Å². The van der Waals surface area contributed by atoms with Gasteiger partial charge in [0.15, 0.2) is 12.2 Å². The van der Waals surface area contributed by atoms with Crippen molar-refractivity contribution >= 4 is 39.5 Å². The fourth-order valence-corrected chi connectivity index (χ4v) is 12.4. The van der Waals surface area contributed by atoms with Gasteiger partial charge in [0.2, 0.25) is 0 Å². The van der Waals surface area contributed by atoms with Crippen molar-refractivity contribution in [2.45, 2.75) is 381 Å². The predicted octanol–water partition coefficient (Wildman–Crippen LogP) is 20.6. The Kier molecular flexibility index (Phi) is 61.5. The second-order valence-corrected chi connectivity index (χ2v) is 29.8. The normalized spacial score (nSPS) is 14.8. The molecule has 17 nitrogen and oxygen atoms in total. The van der Waals surface area contributed by atoms with Crippen molar-refractivity contribution in [2.75, 3.05) is 39.6 Å². The Balaban J connectivity index is 5.23. The standard InChI is InChI=1S/C72H140O17P2/c1-8-11-12-13-14-15-16-19-23-26-31-39-46-53-69(74)82-59-67(88-71(76)55-48-41-32-27-24-21-18-17-20-22-25-30-37-44-51-64(6)9-2)61-86-90(78,79)84-57-66(73)58-85-91(80,81)87-62-68(89-72(77)56-49-42-33-28-29-36-43-50-63(4)5)60-83-70(75)54-47-40-35-34-38-45-52-65(7)10-3/h63-68,73H,8-62H2,1-7H3,(H,78,79)(H,80,81)/t64?,65?,66-,67-,68-/m1/s1. The van der Waals surface area contributed by atoms with Crippen LogP contribution < -0.4 is 0 Å². The molecule has 0 saturated carbocycles. The van der Waals surface area contributed by atoms with Crippen molar-refractivity contribution in [2.24, 2.45) is 17.8 Å². The number of unbranched alkanes of at least 4 members (excludes halogenated alkanes) is 36. The number of carbonyl (C=O) groups excluding carboxylic acids is 4. The van der Waals surface area contributed by atoms with E-state index in [-0.39, 0.29) is 25.7 Å². The number of ether oxygens (including phenoxy) is 4. The third-order valence-corrected chi connectivity index (χ3v) is 19.3. The van der Waals surface area contributed by atoms with Crippen LogP contribution in [-0.4, -0.2) is 96.7 Å². The summed E-state index contributed by atoms with van der Waals surface area (Å²) in [5, 5.41) is 10.6. The van der Waals surface area contributed by atoms with Crippen LogP contribution in [0.5, 0.6) is 0 Å². The number of aliphatic hydroxyl groups excluding tert-OH is 1. The van der Waals surface area contributed by atoms with E-state index in [0.29, 0.717) is 31.6 Å². The molecule has 0 saturated heterocycles. The summed E-state index contributed by atoms with van der Waals surface area (Å²) >= 11 is 0. The second-order valence-electron chi connectivity index (χ2n) is 26.9. The van der Waals surface area contributed by atoms with E-state index >= 15 is 0 Å². The lowest BCUT2D eigenvalue weighted by molar-refractivity contribution is -0.161. The maximum atomic E-state index is 13.0. The summed E-state index contributed by atoms with van der Waals surface area (Å²) in [5.41, 5.74) is 0. The molecule has 540 valence electrons. The van der Waals surface area contributed by atoms with Crippen LogP contribution in [0.4, 0.5) is 0 Å². The van der Waals surface area contributed by atoms with E-state index in [0.717, 1.165) is 108 Å². The lowest BCUT2D eigenvalue weighted by atomic mass is 9.99. The van der Waals surface area contributed by atoms with Crippen LogP contribution in [0, 0.1) is 17.8 Å². The van der Waals surface area contributed by atoms with Gasteiger partial charge in [0, 0.05) is 25.7 Å². The van der Waals surface area contributed by atoms with Gasteiger partial charge < -0.3 is 33.8 Å². The number of aliphatic hydroxyl groups is 1. The van der Waals surface area contributed by atoms with Crippen molar-refractivity contribution < 1.29 is 80.2 Å². The molecule has 4 unspecified atom stereocenters. The van der Waals surface area contributed by atoms with Crippen LogP contribution >= 0.6 is 15.6 Å². The SMILES string of the molecule is CCCCCCCCCCCCCCCC(=O)OC[C@H](COP(=O)(O)OC[C@@H](O)COP(=O)(O)OC[C@@H](COC(=O)CCCCCCCCC(C)CC)OC(=O)CCCCCCCCCC(C)C)OC(=O)CCCCCCCCCCCCCCCCC(C)CC. The fraction of sp³-hybridized carbons (Fsp3) is 0.944. The Morgan fingerprint density at radius 1 is 0.319 bits per heavy atom. The third-order valence-electron chi connectivity index (χ3n) is 17.4. The molecule has 0 heterocycles. The lowest BCUT2D eigenvalue weighted by Crippen LogP contribution is -2.30. The van der Waals surface area contributed by atoms with E-state index in [1.807, 2.05) is 0 Å². The highest BCUT2D eigenvalue weighted by atomic mass is 31.2. The minimum absolute atomic E-state index is 0.102. The first-order valence-corrected chi connectivity index (χ1v) is 40.4. The van der Waals surface area contributed by atoms with Crippen molar-refractivity contribution in [1.82, 2.24) is 0 Å². The van der Waals surface area contributed by atoms with E-state index in [9.17, 15) is 43.2 Å². The molecular weight excluding hydrogens is 1200 g/mol. The quantitative estimate of drug-likeness (QED) is 0.0222. The van der Waals surface area contributed by atoms with Gasteiger partial charge in [0.25, 0.3) is 0 Å². The zero-order chi connectivity index (χ0) is 67.3. The van der Waals surface area contributed by atoms with Crippen molar-refractivity contribution in [3.63, 3.8) is 0 Å². The molecule has 0 radical (unpaired) electrons. The maximum absolute atomic E-state index is 13.0. The summed E-state index contributed by atoms with van der Waals surface area (Å²) in [6.07, 6.45) is 47.2. The fourth-order valence-electron chi connectivity index (χ4n) is 10.8. The molecule has 0 spiro atoms. The number of rotatable bonds is 70. The number of phosphoric ester groups is 2. The van der Waals surface area contributed by atoms with Gasteiger partial charge >= 0.3 is 39.5 Å². The first kappa shape index (κ1) is 89.1. The van der Waals surface area contributed by atoms with Crippen LogP contribution in [0.25, 0.3) is 0 Å². The zero-order valence-electron chi connectivity index (χ0n) is 59.3. The Hall–Kier alpha value is -1.94. The molecule has 0 aliphatic carbocycles. The molecule has 0 aromatic carbocycles. The first-order valence-electron chi connectivity index (χ1n) is 37.4. The van der Waals surface area contributed by atoms with Crippen molar-refractivity contribution in [3.8, 4) is 0 Å². The summed E-state index contributed by atoms with van der Waals surface area (Å²) in [6.45, 7) is 11.8. The smallest absolute Gasteiger partial charge is 0.462 e. The monoisotopic (exact) mass is 1340 g/mol. The van der Waals surface area contributed by atoms with E-state index < -0.39 is 97.5 Å². The molecule has 0 aliphatic heterocycles. The van der Waals surface area contributed by atoms with Crippen LogP contribution in [0.2, 0.25) is 0 Å². The summed E-state index contributed by atoms with van der Waals surface area (Å²) in [6, 6.07) is 0. The Morgan fingerprint density at radius 2 is 0.560 bits per heavy atom. The van der Waals surface area contributed by atoms with Gasteiger partial charge in [-0.15, -0.1) is 0 Å². The molecule has 3 N–H and O–H groups in total. The molecule has 0 rings (SSSR count). The van der Waals surface area contributed by atoms with Gasteiger partial charge in [-0.1, -0.05) is 312 Å². The van der Waals surface area contributed by atoms with E-state index in [4.69, 9.17) is 37.0 Å². The Bertz CT molecular complexity index is 1790. The molecule has 0 amide bonds. The Labute approximate surface area is 556 Å². The highest BCUT2D eigenvalue weighted by molar-refractivity contribution is 7.47. The predicted molar refractivity (Wildman–Crippen MR) is 368 cm³/mol. The van der Waals surface area contributed by atoms with Crippen LogP contribution in [-0.2, 0) is 65.4 Å². The topological polar surface area (TPSA) is 237 Å². The van der Waals surface area contributed by atoms with Gasteiger partial charge in [-0.2, -0.15) is 0 Å². The second kappa shape index (κ2) is 62.8. The molecule has 0 bridgehead atoms. The number of phosphoric acid groups is 2. The summed E-state index contributed by atoms with van der Waals surface area (Å²) in [7, 11) is -9.90. The summed E-state index contributed by atoms with van der Waals surface area (Å²) in [4.78, 5) is 72.6. The zero-order valence-corrected chi connectivity index (χ0v) is 61.1. The summed E-state index contributed by atoms with van der Waals surface area (Å²) < 4.78 is 68.3. The van der Waals surface area contributed by atoms with Gasteiger partial charge in [-0.25, -0.2) is 9.13 Å². The molecule has 0 aromatic rings. The number of hydrogen-bond acceptors (Lipinski definition) is 15. The molecule has 19 heteroatoms. The average Bonchev–Trinajstić information content (AvgIpc) is 3.55. The van der Waals surface area contributed by atoms with E-state index in [2.05, 4.69) is 48.5 Å². The van der Waals surface area contributed by atoms with E-state index in [1.165, 1.54) is 167 Å². The summed E-state index contributed by atoms with van der Waals surface area (Å²) in [5.74, 6) is 0.147. The highest BCUT2D eigenvalue weighted by Crippen LogP contribution is 2.45. The highest BCUT2D eigenvalue weighted by Gasteiger charge is 2.30. The molecule has 0 aliphatic rings. The molecule has 0 aromatic heterocycles. The first-order chi connectivity index (χ1) is 43.8. The molecular formula is C72H140O17P2. The maximum Gasteiger partial charge on any atom is 0.472 e. The Morgan fingerprint density at radius 3 is 0.835 bits per heavy atom. The van der Waals surface area contributed by atoms with Crippen LogP contribution in [0.15, 0.2) is 0 Å². The van der Waals surface area contributed by atoms with Crippen LogP contribution in [0.1, 0.15) is 363 Å². The van der Waals surface area contributed by atoms with Gasteiger partial charge in [0.05, 0.1) is 26.4 Å². The largest absolute Gasteiger partial charge is 0.472 e. The van der Waals surface area contributed by atoms with Gasteiger partial charge in [-0.3, -0.25) is 37.3 Å². The molecule has 91 heavy (non-hydrogen) atoms. The number of hydrogen-bond donors (Lipinski definition) is 3. The molecule has 0 fully saturated rings.